The minimum Gasteiger partial charge on any atom is -0.497 e. The summed E-state index contributed by atoms with van der Waals surface area (Å²) in [7, 11) is 1.71. The van der Waals surface area contributed by atoms with Crippen molar-refractivity contribution in [2.75, 3.05) is 33.3 Å². The zero-order valence-electron chi connectivity index (χ0n) is 12.8. The fraction of sp³-hybridized carbons (Fsp3) is 0.625. The summed E-state index contributed by atoms with van der Waals surface area (Å²) in [4.78, 5) is 2.46. The van der Waals surface area contributed by atoms with Crippen LogP contribution in [0.1, 0.15) is 38.8 Å². The minimum absolute atomic E-state index is 0.367. The van der Waals surface area contributed by atoms with Gasteiger partial charge in [-0.2, -0.15) is 0 Å². The van der Waals surface area contributed by atoms with Gasteiger partial charge in [0, 0.05) is 6.04 Å². The standard InChI is InChI=1S/C16H28N2O/c1-5-18(6-2)12-8-11-17-14(3)15-9-7-10-16(13-15)19-4/h7,9-10,13-14,17H,5-6,8,11-12H2,1-4H3. The Bertz CT molecular complexity index is 350. The molecule has 1 N–H and O–H groups in total. The molecular formula is C16H28N2O. The summed E-state index contributed by atoms with van der Waals surface area (Å²) >= 11 is 0. The third kappa shape index (κ3) is 5.62. The van der Waals surface area contributed by atoms with E-state index in [1.165, 1.54) is 18.5 Å². The van der Waals surface area contributed by atoms with Crippen molar-refractivity contribution in [3.05, 3.63) is 29.8 Å². The molecule has 0 bridgehead atoms. The van der Waals surface area contributed by atoms with Crippen molar-refractivity contribution < 1.29 is 4.74 Å². The van der Waals surface area contributed by atoms with E-state index in [0.717, 1.165) is 25.4 Å². The van der Waals surface area contributed by atoms with E-state index in [1.807, 2.05) is 12.1 Å². The fourth-order valence-electron chi connectivity index (χ4n) is 2.19. The Hall–Kier alpha value is -1.06. The topological polar surface area (TPSA) is 24.5 Å². The molecule has 1 atom stereocenters. The lowest BCUT2D eigenvalue weighted by Crippen LogP contribution is -2.28. The highest BCUT2D eigenvalue weighted by atomic mass is 16.5. The van der Waals surface area contributed by atoms with Crippen molar-refractivity contribution in [1.82, 2.24) is 10.2 Å². The lowest BCUT2D eigenvalue weighted by Gasteiger charge is -2.19. The Kier molecular flexibility index (Phi) is 7.53. The van der Waals surface area contributed by atoms with E-state index in [0.29, 0.717) is 6.04 Å². The zero-order chi connectivity index (χ0) is 14.1. The van der Waals surface area contributed by atoms with Gasteiger partial charge in [-0.05, 0) is 57.2 Å². The molecule has 0 amide bonds. The van der Waals surface area contributed by atoms with Crippen LogP contribution in [0.3, 0.4) is 0 Å². The Morgan fingerprint density at radius 1 is 1.26 bits per heavy atom. The van der Waals surface area contributed by atoms with Gasteiger partial charge in [0.1, 0.15) is 5.75 Å². The van der Waals surface area contributed by atoms with Crippen molar-refractivity contribution in [2.45, 2.75) is 33.2 Å². The van der Waals surface area contributed by atoms with E-state index >= 15 is 0 Å². The summed E-state index contributed by atoms with van der Waals surface area (Å²) in [5, 5.41) is 3.57. The molecule has 19 heavy (non-hydrogen) atoms. The first kappa shape index (κ1) is 16.0. The average Bonchev–Trinajstić information content (AvgIpc) is 2.47. The Labute approximate surface area is 118 Å². The van der Waals surface area contributed by atoms with E-state index in [4.69, 9.17) is 4.74 Å². The normalized spacial score (nSPS) is 12.7. The van der Waals surface area contributed by atoms with Crippen LogP contribution in [0.15, 0.2) is 24.3 Å². The average molecular weight is 264 g/mol. The molecule has 3 nitrogen and oxygen atoms in total. The summed E-state index contributed by atoms with van der Waals surface area (Å²) in [6.07, 6.45) is 1.19. The van der Waals surface area contributed by atoms with Crippen molar-refractivity contribution in [3.8, 4) is 5.75 Å². The first-order chi connectivity index (χ1) is 9.21. The molecule has 1 aromatic carbocycles. The molecule has 0 radical (unpaired) electrons. The predicted molar refractivity (Wildman–Crippen MR) is 81.8 cm³/mol. The van der Waals surface area contributed by atoms with E-state index in [1.54, 1.807) is 7.11 Å². The van der Waals surface area contributed by atoms with Crippen molar-refractivity contribution >= 4 is 0 Å². The third-order valence-electron chi connectivity index (χ3n) is 3.59. The van der Waals surface area contributed by atoms with Crippen LogP contribution in [0.4, 0.5) is 0 Å². The molecule has 0 aliphatic carbocycles. The Balaban J connectivity index is 2.32. The summed E-state index contributed by atoms with van der Waals surface area (Å²) in [6.45, 7) is 11.1. The van der Waals surface area contributed by atoms with Gasteiger partial charge in [-0.25, -0.2) is 0 Å². The van der Waals surface area contributed by atoms with Gasteiger partial charge in [-0.15, -0.1) is 0 Å². The van der Waals surface area contributed by atoms with Crippen LogP contribution in [-0.4, -0.2) is 38.2 Å². The zero-order valence-corrected chi connectivity index (χ0v) is 12.8. The highest BCUT2D eigenvalue weighted by Crippen LogP contribution is 2.18. The molecule has 0 spiro atoms. The largest absolute Gasteiger partial charge is 0.497 e. The van der Waals surface area contributed by atoms with Gasteiger partial charge in [0.05, 0.1) is 7.11 Å². The Morgan fingerprint density at radius 3 is 2.63 bits per heavy atom. The molecular weight excluding hydrogens is 236 g/mol. The minimum atomic E-state index is 0.367. The number of ether oxygens (including phenoxy) is 1. The molecule has 0 aliphatic rings. The van der Waals surface area contributed by atoms with Crippen molar-refractivity contribution in [3.63, 3.8) is 0 Å². The highest BCUT2D eigenvalue weighted by molar-refractivity contribution is 5.30. The maximum Gasteiger partial charge on any atom is 0.119 e. The first-order valence-electron chi connectivity index (χ1n) is 7.30. The number of rotatable bonds is 9. The van der Waals surface area contributed by atoms with Crippen LogP contribution in [0.25, 0.3) is 0 Å². The number of hydrogen-bond donors (Lipinski definition) is 1. The summed E-state index contributed by atoms with van der Waals surface area (Å²) in [5.41, 5.74) is 1.28. The molecule has 0 saturated heterocycles. The van der Waals surface area contributed by atoms with Gasteiger partial charge >= 0.3 is 0 Å². The van der Waals surface area contributed by atoms with E-state index in [-0.39, 0.29) is 0 Å². The number of nitrogens with one attached hydrogen (secondary N) is 1. The monoisotopic (exact) mass is 264 g/mol. The van der Waals surface area contributed by atoms with Crippen LogP contribution in [0.2, 0.25) is 0 Å². The number of hydrogen-bond acceptors (Lipinski definition) is 3. The number of nitrogens with zero attached hydrogens (tertiary/aromatic N) is 1. The van der Waals surface area contributed by atoms with Gasteiger partial charge in [0.25, 0.3) is 0 Å². The summed E-state index contributed by atoms with van der Waals surface area (Å²) < 4.78 is 5.26. The van der Waals surface area contributed by atoms with Crippen molar-refractivity contribution in [2.24, 2.45) is 0 Å². The molecule has 0 aromatic heterocycles. The predicted octanol–water partition coefficient (Wildman–Crippen LogP) is 3.08. The molecule has 1 unspecified atom stereocenters. The van der Waals surface area contributed by atoms with Crippen molar-refractivity contribution in [1.29, 1.82) is 0 Å². The lowest BCUT2D eigenvalue weighted by molar-refractivity contribution is 0.296. The lowest BCUT2D eigenvalue weighted by atomic mass is 10.1. The molecule has 108 valence electrons. The van der Waals surface area contributed by atoms with Crippen LogP contribution in [0.5, 0.6) is 5.75 Å². The molecule has 0 aliphatic heterocycles. The van der Waals surface area contributed by atoms with Crippen LogP contribution >= 0.6 is 0 Å². The first-order valence-corrected chi connectivity index (χ1v) is 7.30. The van der Waals surface area contributed by atoms with Gasteiger partial charge < -0.3 is 15.0 Å². The van der Waals surface area contributed by atoms with Crippen LogP contribution in [-0.2, 0) is 0 Å². The van der Waals surface area contributed by atoms with E-state index in [2.05, 4.69) is 43.1 Å². The number of benzene rings is 1. The van der Waals surface area contributed by atoms with E-state index in [9.17, 15) is 0 Å². The van der Waals surface area contributed by atoms with Gasteiger partial charge in [0.2, 0.25) is 0 Å². The molecule has 0 heterocycles. The maximum atomic E-state index is 5.26. The third-order valence-corrected chi connectivity index (χ3v) is 3.59. The molecule has 1 rings (SSSR count). The summed E-state index contributed by atoms with van der Waals surface area (Å²) in [6, 6.07) is 8.64. The SMILES string of the molecule is CCN(CC)CCCNC(C)c1cccc(OC)c1. The maximum absolute atomic E-state index is 5.26. The second kappa shape index (κ2) is 8.94. The van der Waals surface area contributed by atoms with Gasteiger partial charge in [0.15, 0.2) is 0 Å². The molecule has 0 saturated carbocycles. The Morgan fingerprint density at radius 2 is 2.00 bits per heavy atom. The second-order valence-corrected chi connectivity index (χ2v) is 4.83. The smallest absolute Gasteiger partial charge is 0.119 e. The summed E-state index contributed by atoms with van der Waals surface area (Å²) in [5.74, 6) is 0.925. The van der Waals surface area contributed by atoms with E-state index < -0.39 is 0 Å². The molecule has 1 aromatic rings. The molecule has 0 fully saturated rings. The van der Waals surface area contributed by atoms with Gasteiger partial charge in [-0.1, -0.05) is 26.0 Å². The second-order valence-electron chi connectivity index (χ2n) is 4.83. The quantitative estimate of drug-likeness (QED) is 0.694. The molecule has 3 heteroatoms. The fourth-order valence-corrected chi connectivity index (χ4v) is 2.19. The van der Waals surface area contributed by atoms with Crippen LogP contribution < -0.4 is 10.1 Å². The number of methoxy groups -OCH3 is 1. The van der Waals surface area contributed by atoms with Gasteiger partial charge in [-0.3, -0.25) is 0 Å². The highest BCUT2D eigenvalue weighted by Gasteiger charge is 2.05. The van der Waals surface area contributed by atoms with Crippen LogP contribution in [0, 0.1) is 0 Å².